The molecule has 0 aliphatic carbocycles. The van der Waals surface area contributed by atoms with Gasteiger partial charge in [-0.15, -0.1) is 10.2 Å². The van der Waals surface area contributed by atoms with Crippen molar-refractivity contribution in [1.29, 1.82) is 5.26 Å². The zero-order valence-electron chi connectivity index (χ0n) is 12.7. The molecule has 0 amide bonds. The van der Waals surface area contributed by atoms with Crippen molar-refractivity contribution in [2.45, 2.75) is 32.7 Å². The van der Waals surface area contributed by atoms with Crippen LogP contribution in [0.2, 0.25) is 0 Å². The van der Waals surface area contributed by atoms with Crippen molar-refractivity contribution >= 4 is 16.6 Å². The molecule has 0 bridgehead atoms. The molecule has 0 aliphatic rings. The standard InChI is InChI=1S/C16H21N5/c1-11(2)8-16(3,10-18)19-15-12-6-4-5-7-13(12)20-21-14(15)9-17/h4-7,11H,8,10,18H2,1-3H3,(H,19,20). The highest BCUT2D eigenvalue weighted by molar-refractivity contribution is 5.93. The van der Waals surface area contributed by atoms with Gasteiger partial charge in [-0.2, -0.15) is 5.26 Å². The number of benzene rings is 1. The zero-order valence-corrected chi connectivity index (χ0v) is 12.7. The van der Waals surface area contributed by atoms with Gasteiger partial charge in [-0.3, -0.25) is 0 Å². The highest BCUT2D eigenvalue weighted by Crippen LogP contribution is 2.29. The lowest BCUT2D eigenvalue weighted by molar-refractivity contribution is 0.407. The Kier molecular flexibility index (Phi) is 4.39. The van der Waals surface area contributed by atoms with Gasteiger partial charge in [0, 0.05) is 17.5 Å². The van der Waals surface area contributed by atoms with E-state index in [0.717, 1.165) is 23.0 Å². The van der Waals surface area contributed by atoms with Crippen LogP contribution in [-0.4, -0.2) is 22.3 Å². The highest BCUT2D eigenvalue weighted by atomic mass is 15.1. The van der Waals surface area contributed by atoms with Crippen LogP contribution in [0.25, 0.3) is 10.9 Å². The van der Waals surface area contributed by atoms with E-state index >= 15 is 0 Å². The molecule has 21 heavy (non-hydrogen) atoms. The maximum absolute atomic E-state index is 9.31. The lowest BCUT2D eigenvalue weighted by atomic mass is 9.90. The molecule has 0 saturated carbocycles. The van der Waals surface area contributed by atoms with Crippen LogP contribution < -0.4 is 11.1 Å². The summed E-state index contributed by atoms with van der Waals surface area (Å²) in [6, 6.07) is 9.78. The summed E-state index contributed by atoms with van der Waals surface area (Å²) in [5.74, 6) is 0.498. The van der Waals surface area contributed by atoms with Gasteiger partial charge in [0.2, 0.25) is 0 Å². The largest absolute Gasteiger partial charge is 0.376 e. The average molecular weight is 283 g/mol. The fourth-order valence-electron chi connectivity index (χ4n) is 2.65. The van der Waals surface area contributed by atoms with E-state index in [0.29, 0.717) is 18.2 Å². The summed E-state index contributed by atoms with van der Waals surface area (Å²) in [6.07, 6.45) is 0.908. The molecule has 1 unspecified atom stereocenters. The summed E-state index contributed by atoms with van der Waals surface area (Å²) in [7, 11) is 0. The number of nitrogens with one attached hydrogen (secondary N) is 1. The van der Waals surface area contributed by atoms with E-state index in [1.165, 1.54) is 0 Å². The molecule has 0 fully saturated rings. The summed E-state index contributed by atoms with van der Waals surface area (Å²) < 4.78 is 0. The van der Waals surface area contributed by atoms with Crippen molar-refractivity contribution < 1.29 is 0 Å². The third-order valence-corrected chi connectivity index (χ3v) is 3.51. The molecule has 5 heteroatoms. The third-order valence-electron chi connectivity index (χ3n) is 3.51. The van der Waals surface area contributed by atoms with Crippen molar-refractivity contribution in [2.75, 3.05) is 11.9 Å². The Balaban J connectivity index is 2.52. The number of anilines is 1. The monoisotopic (exact) mass is 283 g/mol. The van der Waals surface area contributed by atoms with E-state index in [4.69, 9.17) is 5.73 Å². The van der Waals surface area contributed by atoms with Crippen LogP contribution in [0.1, 0.15) is 32.9 Å². The number of nitrogens with zero attached hydrogens (tertiary/aromatic N) is 3. The minimum Gasteiger partial charge on any atom is -0.376 e. The number of nitriles is 1. The molecule has 2 rings (SSSR count). The predicted molar refractivity (Wildman–Crippen MR) is 84.8 cm³/mol. The Hall–Kier alpha value is -2.19. The summed E-state index contributed by atoms with van der Waals surface area (Å²) in [5, 5.41) is 21.7. The molecule has 0 aliphatic heterocycles. The topological polar surface area (TPSA) is 87.6 Å². The second-order valence-corrected chi connectivity index (χ2v) is 6.04. The smallest absolute Gasteiger partial charge is 0.186 e. The number of fused-ring (bicyclic) bond motifs is 1. The van der Waals surface area contributed by atoms with Crippen molar-refractivity contribution in [1.82, 2.24) is 10.2 Å². The summed E-state index contributed by atoms with van der Waals surface area (Å²) in [6.45, 7) is 6.86. The van der Waals surface area contributed by atoms with Gasteiger partial charge < -0.3 is 11.1 Å². The second kappa shape index (κ2) is 6.06. The van der Waals surface area contributed by atoms with Crippen molar-refractivity contribution in [3.8, 4) is 6.07 Å². The van der Waals surface area contributed by atoms with Crippen molar-refractivity contribution in [3.63, 3.8) is 0 Å². The molecule has 0 radical (unpaired) electrons. The van der Waals surface area contributed by atoms with E-state index in [2.05, 4.69) is 42.4 Å². The quantitative estimate of drug-likeness (QED) is 0.880. The molecule has 1 aromatic heterocycles. The second-order valence-electron chi connectivity index (χ2n) is 6.04. The molecule has 1 aromatic carbocycles. The van der Waals surface area contributed by atoms with Gasteiger partial charge in [-0.1, -0.05) is 32.0 Å². The van der Waals surface area contributed by atoms with Gasteiger partial charge in [0.1, 0.15) is 6.07 Å². The molecule has 0 spiro atoms. The van der Waals surface area contributed by atoms with E-state index in [1.54, 1.807) is 0 Å². The fraction of sp³-hybridized carbons (Fsp3) is 0.438. The van der Waals surface area contributed by atoms with Crippen molar-refractivity contribution in [3.05, 3.63) is 30.0 Å². The Labute approximate surface area is 125 Å². The number of hydrogen-bond acceptors (Lipinski definition) is 5. The summed E-state index contributed by atoms with van der Waals surface area (Å²) >= 11 is 0. The van der Waals surface area contributed by atoms with E-state index in [1.807, 2.05) is 24.3 Å². The van der Waals surface area contributed by atoms with E-state index in [-0.39, 0.29) is 5.54 Å². The zero-order chi connectivity index (χ0) is 15.5. The fourth-order valence-corrected chi connectivity index (χ4v) is 2.65. The number of hydrogen-bond donors (Lipinski definition) is 2. The number of rotatable bonds is 5. The van der Waals surface area contributed by atoms with Crippen LogP contribution in [0.15, 0.2) is 24.3 Å². The maximum Gasteiger partial charge on any atom is 0.186 e. The summed E-state index contributed by atoms with van der Waals surface area (Å²) in [4.78, 5) is 0. The number of nitrogens with two attached hydrogens (primary N) is 1. The minimum absolute atomic E-state index is 0.286. The normalized spacial score (nSPS) is 13.9. The van der Waals surface area contributed by atoms with Gasteiger partial charge in [0.15, 0.2) is 5.69 Å². The van der Waals surface area contributed by atoms with Crippen LogP contribution in [0.4, 0.5) is 5.69 Å². The first-order valence-electron chi connectivity index (χ1n) is 7.13. The van der Waals surface area contributed by atoms with Gasteiger partial charge >= 0.3 is 0 Å². The van der Waals surface area contributed by atoms with E-state index in [9.17, 15) is 5.26 Å². The highest BCUT2D eigenvalue weighted by Gasteiger charge is 2.26. The molecular formula is C16H21N5. The van der Waals surface area contributed by atoms with Gasteiger partial charge in [0.25, 0.3) is 0 Å². The maximum atomic E-state index is 9.31. The van der Waals surface area contributed by atoms with Crippen LogP contribution in [0.5, 0.6) is 0 Å². The van der Waals surface area contributed by atoms with Crippen LogP contribution in [-0.2, 0) is 0 Å². The lowest BCUT2D eigenvalue weighted by Gasteiger charge is -2.32. The number of aromatic nitrogens is 2. The molecule has 1 atom stereocenters. The average Bonchev–Trinajstić information content (AvgIpc) is 2.47. The van der Waals surface area contributed by atoms with Gasteiger partial charge in [-0.05, 0) is 25.3 Å². The molecular weight excluding hydrogens is 262 g/mol. The SMILES string of the molecule is CC(C)CC(C)(CN)Nc1c(C#N)nnc2ccccc12. The van der Waals surface area contributed by atoms with Gasteiger partial charge in [0.05, 0.1) is 11.2 Å². The van der Waals surface area contributed by atoms with Crippen LogP contribution in [0.3, 0.4) is 0 Å². The Morgan fingerprint density at radius 2 is 2.05 bits per heavy atom. The first kappa shape index (κ1) is 15.2. The Morgan fingerprint density at radius 1 is 1.33 bits per heavy atom. The molecule has 0 saturated heterocycles. The van der Waals surface area contributed by atoms with Crippen LogP contribution >= 0.6 is 0 Å². The van der Waals surface area contributed by atoms with Crippen LogP contribution in [0, 0.1) is 17.2 Å². The third kappa shape index (κ3) is 3.29. The van der Waals surface area contributed by atoms with Crippen molar-refractivity contribution in [2.24, 2.45) is 11.7 Å². The van der Waals surface area contributed by atoms with Gasteiger partial charge in [-0.25, -0.2) is 0 Å². The minimum atomic E-state index is -0.286. The molecule has 3 N–H and O–H groups in total. The summed E-state index contributed by atoms with van der Waals surface area (Å²) in [5.41, 5.74) is 7.46. The molecule has 110 valence electrons. The lowest BCUT2D eigenvalue weighted by Crippen LogP contribution is -2.44. The first-order valence-corrected chi connectivity index (χ1v) is 7.13. The molecule has 2 aromatic rings. The Morgan fingerprint density at radius 3 is 2.67 bits per heavy atom. The molecule has 5 nitrogen and oxygen atoms in total. The molecule has 1 heterocycles. The first-order chi connectivity index (χ1) is 9.99. The predicted octanol–water partition coefficient (Wildman–Crippen LogP) is 2.68. The van der Waals surface area contributed by atoms with E-state index < -0.39 is 0 Å². The Bertz CT molecular complexity index is 674.